The maximum atomic E-state index is 13.1. The van der Waals surface area contributed by atoms with E-state index in [1.807, 2.05) is 30.3 Å². The summed E-state index contributed by atoms with van der Waals surface area (Å²) in [6.45, 7) is 0.365. The summed E-state index contributed by atoms with van der Waals surface area (Å²) >= 11 is 3.50. The summed E-state index contributed by atoms with van der Waals surface area (Å²) in [6, 6.07) is 12.4. The number of nitrogens with one attached hydrogen (secondary N) is 1. The van der Waals surface area contributed by atoms with Crippen LogP contribution in [0.3, 0.4) is 0 Å². The molecular formula is C25H25BrN2O5. The highest BCUT2D eigenvalue weighted by Gasteiger charge is 2.40. The van der Waals surface area contributed by atoms with Gasteiger partial charge in [0.2, 0.25) is 0 Å². The smallest absolute Gasteiger partial charge is 0.331 e. The summed E-state index contributed by atoms with van der Waals surface area (Å²) in [5.74, 6) is -0.281. The van der Waals surface area contributed by atoms with Crippen LogP contribution in [-0.4, -0.2) is 35.9 Å². The first kappa shape index (κ1) is 23.0. The van der Waals surface area contributed by atoms with Gasteiger partial charge in [0.05, 0.1) is 7.11 Å². The van der Waals surface area contributed by atoms with Gasteiger partial charge in [-0.3, -0.25) is 19.8 Å². The molecule has 0 radical (unpaired) electrons. The summed E-state index contributed by atoms with van der Waals surface area (Å²) in [7, 11) is 1.53. The maximum Gasteiger partial charge on any atom is 0.331 e. The molecule has 172 valence electrons. The van der Waals surface area contributed by atoms with Crippen molar-refractivity contribution >= 4 is 39.9 Å². The minimum absolute atomic E-state index is 0.0825. The third-order valence-electron chi connectivity index (χ3n) is 5.89. The Kier molecular flexibility index (Phi) is 7.13. The Morgan fingerprint density at radius 1 is 1.06 bits per heavy atom. The fourth-order valence-electron chi connectivity index (χ4n) is 4.17. The number of halogens is 1. The summed E-state index contributed by atoms with van der Waals surface area (Å²) in [6.07, 6.45) is 6.00. The molecule has 0 spiro atoms. The van der Waals surface area contributed by atoms with E-state index in [9.17, 15) is 14.4 Å². The van der Waals surface area contributed by atoms with Crippen LogP contribution in [-0.2, 0) is 16.2 Å². The van der Waals surface area contributed by atoms with E-state index in [0.29, 0.717) is 28.1 Å². The van der Waals surface area contributed by atoms with E-state index in [2.05, 4.69) is 21.2 Å². The Morgan fingerprint density at radius 2 is 1.79 bits per heavy atom. The minimum Gasteiger partial charge on any atom is -0.493 e. The molecule has 7 nitrogen and oxygen atoms in total. The second kappa shape index (κ2) is 10.2. The van der Waals surface area contributed by atoms with Crippen LogP contribution in [0, 0.1) is 0 Å². The molecule has 2 fully saturated rings. The molecule has 1 N–H and O–H groups in total. The molecule has 1 heterocycles. The number of urea groups is 1. The molecule has 4 amide bonds. The summed E-state index contributed by atoms with van der Waals surface area (Å²) in [4.78, 5) is 39.3. The van der Waals surface area contributed by atoms with Crippen LogP contribution in [0.25, 0.3) is 6.08 Å². The van der Waals surface area contributed by atoms with Crippen LogP contribution in [0.4, 0.5) is 4.79 Å². The number of hydrogen-bond acceptors (Lipinski definition) is 5. The lowest BCUT2D eigenvalue weighted by Gasteiger charge is -2.35. The van der Waals surface area contributed by atoms with Crippen molar-refractivity contribution < 1.29 is 23.9 Å². The molecular weight excluding hydrogens is 488 g/mol. The molecule has 1 saturated heterocycles. The van der Waals surface area contributed by atoms with Crippen LogP contribution < -0.4 is 14.8 Å². The van der Waals surface area contributed by atoms with Crippen LogP contribution >= 0.6 is 15.9 Å². The minimum atomic E-state index is -0.702. The topological polar surface area (TPSA) is 84.9 Å². The lowest BCUT2D eigenvalue weighted by molar-refractivity contribution is -0.132. The summed E-state index contributed by atoms with van der Waals surface area (Å²) in [5.41, 5.74) is 1.50. The first-order valence-electron chi connectivity index (χ1n) is 10.9. The van der Waals surface area contributed by atoms with Gasteiger partial charge >= 0.3 is 6.03 Å². The van der Waals surface area contributed by atoms with E-state index in [1.54, 1.807) is 12.1 Å². The van der Waals surface area contributed by atoms with Gasteiger partial charge in [-0.15, -0.1) is 0 Å². The highest BCUT2D eigenvalue weighted by Crippen LogP contribution is 2.36. The van der Waals surface area contributed by atoms with E-state index in [0.717, 1.165) is 37.7 Å². The van der Waals surface area contributed by atoms with Crippen molar-refractivity contribution in [1.82, 2.24) is 10.2 Å². The average molecular weight is 513 g/mol. The molecule has 0 bridgehead atoms. The largest absolute Gasteiger partial charge is 0.493 e. The first-order valence-corrected chi connectivity index (χ1v) is 11.7. The monoisotopic (exact) mass is 512 g/mol. The number of amides is 4. The lowest BCUT2D eigenvalue weighted by Crippen LogP contribution is -2.58. The third kappa shape index (κ3) is 5.11. The number of ether oxygens (including phenoxy) is 2. The number of nitrogens with zero attached hydrogens (tertiary/aromatic N) is 1. The molecule has 2 aromatic carbocycles. The average Bonchev–Trinajstić information content (AvgIpc) is 2.82. The van der Waals surface area contributed by atoms with Crippen molar-refractivity contribution in [3.05, 3.63) is 63.6 Å². The number of methoxy groups -OCH3 is 1. The highest BCUT2D eigenvalue weighted by atomic mass is 79.9. The normalized spacial score (nSPS) is 18.4. The Bertz CT molecular complexity index is 1090. The molecule has 33 heavy (non-hydrogen) atoms. The van der Waals surface area contributed by atoms with Gasteiger partial charge in [-0.1, -0.05) is 65.5 Å². The highest BCUT2D eigenvalue weighted by molar-refractivity contribution is 9.10. The van der Waals surface area contributed by atoms with Gasteiger partial charge in [-0.2, -0.15) is 0 Å². The first-order chi connectivity index (χ1) is 16.0. The fourth-order valence-corrected chi connectivity index (χ4v) is 4.60. The Labute approximate surface area is 200 Å². The molecule has 1 aliphatic carbocycles. The Morgan fingerprint density at radius 3 is 2.48 bits per heavy atom. The van der Waals surface area contributed by atoms with Gasteiger partial charge in [0.25, 0.3) is 11.8 Å². The number of benzene rings is 2. The van der Waals surface area contributed by atoms with Gasteiger partial charge < -0.3 is 9.47 Å². The van der Waals surface area contributed by atoms with E-state index in [4.69, 9.17) is 9.47 Å². The molecule has 0 aromatic heterocycles. The molecule has 1 saturated carbocycles. The van der Waals surface area contributed by atoms with Gasteiger partial charge in [0, 0.05) is 10.5 Å². The van der Waals surface area contributed by atoms with Gasteiger partial charge in [0.1, 0.15) is 12.2 Å². The van der Waals surface area contributed by atoms with Crippen LogP contribution in [0.1, 0.15) is 43.2 Å². The molecule has 4 rings (SSSR count). The quantitative estimate of drug-likeness (QED) is 0.442. The number of barbiturate groups is 1. The van der Waals surface area contributed by atoms with Crippen LogP contribution in [0.15, 0.2) is 52.5 Å². The molecule has 0 unspecified atom stereocenters. The zero-order valence-corrected chi connectivity index (χ0v) is 19.9. The SMILES string of the molecule is COc1cc(C=C2C(=O)NC(=O)N(C3CCCCC3)C2=O)c(Br)cc1OCc1ccccc1. The van der Waals surface area contributed by atoms with Crippen molar-refractivity contribution in [2.24, 2.45) is 0 Å². The molecule has 0 atom stereocenters. The third-order valence-corrected chi connectivity index (χ3v) is 6.58. The number of hydrogen-bond donors (Lipinski definition) is 1. The Balaban J connectivity index is 1.60. The van der Waals surface area contributed by atoms with Crippen molar-refractivity contribution in [3.8, 4) is 11.5 Å². The Hall–Kier alpha value is -3.13. The summed E-state index contributed by atoms with van der Waals surface area (Å²) < 4.78 is 12.0. The van der Waals surface area contributed by atoms with Gasteiger partial charge in [0.15, 0.2) is 11.5 Å². The zero-order chi connectivity index (χ0) is 23.4. The molecule has 1 aliphatic heterocycles. The van der Waals surface area contributed by atoms with Crippen molar-refractivity contribution in [1.29, 1.82) is 0 Å². The second-order valence-electron chi connectivity index (χ2n) is 8.08. The van der Waals surface area contributed by atoms with Crippen LogP contribution in [0.2, 0.25) is 0 Å². The van der Waals surface area contributed by atoms with E-state index in [1.165, 1.54) is 18.1 Å². The van der Waals surface area contributed by atoms with Crippen LogP contribution in [0.5, 0.6) is 11.5 Å². The van der Waals surface area contributed by atoms with E-state index in [-0.39, 0.29) is 11.6 Å². The predicted molar refractivity (Wildman–Crippen MR) is 127 cm³/mol. The fraction of sp³-hybridized carbons (Fsp3) is 0.320. The molecule has 2 aliphatic rings. The van der Waals surface area contributed by atoms with Crippen molar-refractivity contribution in [3.63, 3.8) is 0 Å². The molecule has 2 aromatic rings. The maximum absolute atomic E-state index is 13.1. The summed E-state index contributed by atoms with van der Waals surface area (Å²) in [5, 5.41) is 2.31. The number of imide groups is 2. The van der Waals surface area contributed by atoms with Crippen molar-refractivity contribution in [2.75, 3.05) is 7.11 Å². The predicted octanol–water partition coefficient (Wildman–Crippen LogP) is 4.83. The van der Waals surface area contributed by atoms with Crippen molar-refractivity contribution in [2.45, 2.75) is 44.8 Å². The second-order valence-corrected chi connectivity index (χ2v) is 8.94. The molecule has 8 heteroatoms. The lowest BCUT2D eigenvalue weighted by atomic mass is 9.93. The van der Waals surface area contributed by atoms with E-state index < -0.39 is 17.8 Å². The standard InChI is InChI=1S/C25H25BrN2O5/c1-32-21-13-17(20(26)14-22(21)33-15-16-8-4-2-5-9-16)12-19-23(29)27-25(31)28(24(19)30)18-10-6-3-7-11-18/h2,4-5,8-9,12-14,18H,3,6-7,10-11,15H2,1H3,(H,27,29,31). The van der Waals surface area contributed by atoms with Gasteiger partial charge in [-0.05, 0) is 42.2 Å². The number of rotatable bonds is 6. The number of carbonyl (C=O) groups is 3. The zero-order valence-electron chi connectivity index (χ0n) is 18.3. The number of carbonyl (C=O) groups excluding carboxylic acids is 3. The van der Waals surface area contributed by atoms with Gasteiger partial charge in [-0.25, -0.2) is 4.79 Å². The van der Waals surface area contributed by atoms with E-state index >= 15 is 0 Å².